The van der Waals surface area contributed by atoms with Gasteiger partial charge < -0.3 is 9.47 Å². The number of nitrogens with two attached hydrogens (primary N) is 1. The highest BCUT2D eigenvalue weighted by Gasteiger charge is 2.18. The number of nitro groups is 1. The third-order valence-electron chi connectivity index (χ3n) is 3.30. The Morgan fingerprint density at radius 2 is 1.85 bits per heavy atom. The fourth-order valence-corrected chi connectivity index (χ4v) is 2.58. The quantitative estimate of drug-likeness (QED) is 0.422. The standard InChI is InChI=1S/C15H16N4O6S/c1-24-14-6-3-10(7-15(14)25-2)9-17-18-12-5-4-11(26(16,22)23)8-13(12)19(20)21/h3-9,18H,1-2H3,(H2,16,22,23)/b17-9+. The van der Waals surface area contributed by atoms with Crippen LogP contribution in [-0.2, 0) is 10.0 Å². The van der Waals surface area contributed by atoms with Gasteiger partial charge in [0.05, 0.1) is 30.3 Å². The smallest absolute Gasteiger partial charge is 0.295 e. The number of rotatable bonds is 7. The number of ether oxygens (including phenoxy) is 2. The first kappa shape index (κ1) is 19.1. The van der Waals surface area contributed by atoms with E-state index in [2.05, 4.69) is 10.5 Å². The molecule has 0 radical (unpaired) electrons. The summed E-state index contributed by atoms with van der Waals surface area (Å²) in [5.74, 6) is 1.05. The van der Waals surface area contributed by atoms with Crippen LogP contribution in [0, 0.1) is 10.1 Å². The number of hydrogen-bond donors (Lipinski definition) is 2. The number of hydrogen-bond acceptors (Lipinski definition) is 8. The number of nitrogens with one attached hydrogen (secondary N) is 1. The van der Waals surface area contributed by atoms with E-state index in [1.54, 1.807) is 18.2 Å². The van der Waals surface area contributed by atoms with Gasteiger partial charge in [-0.05, 0) is 35.9 Å². The molecule has 11 heteroatoms. The van der Waals surface area contributed by atoms with Crippen LogP contribution in [-0.4, -0.2) is 33.8 Å². The SMILES string of the molecule is COc1ccc(/C=N/Nc2ccc(S(N)(=O)=O)cc2[N+](=O)[O-])cc1OC. The lowest BCUT2D eigenvalue weighted by Gasteiger charge is -2.07. The Kier molecular flexibility index (Phi) is 5.75. The lowest BCUT2D eigenvalue weighted by molar-refractivity contribution is -0.384. The van der Waals surface area contributed by atoms with Crippen molar-refractivity contribution >= 4 is 27.6 Å². The minimum Gasteiger partial charge on any atom is -0.493 e. The van der Waals surface area contributed by atoms with Crippen LogP contribution < -0.4 is 20.0 Å². The second-order valence-corrected chi connectivity index (χ2v) is 6.53. The highest BCUT2D eigenvalue weighted by Crippen LogP contribution is 2.28. The Morgan fingerprint density at radius 3 is 2.42 bits per heavy atom. The molecule has 10 nitrogen and oxygen atoms in total. The van der Waals surface area contributed by atoms with Gasteiger partial charge in [-0.25, -0.2) is 13.6 Å². The molecule has 0 spiro atoms. The van der Waals surface area contributed by atoms with Crippen LogP contribution in [0.3, 0.4) is 0 Å². The molecule has 138 valence electrons. The van der Waals surface area contributed by atoms with Gasteiger partial charge in [0.25, 0.3) is 5.69 Å². The average Bonchev–Trinajstić information content (AvgIpc) is 2.60. The topological polar surface area (TPSA) is 146 Å². The first-order valence-electron chi connectivity index (χ1n) is 7.08. The summed E-state index contributed by atoms with van der Waals surface area (Å²) < 4.78 is 32.9. The van der Waals surface area contributed by atoms with Gasteiger partial charge in [-0.1, -0.05) is 0 Å². The third-order valence-corrected chi connectivity index (χ3v) is 4.21. The molecule has 0 heterocycles. The maximum atomic E-state index is 11.3. The predicted octanol–water partition coefficient (Wildman–Crippen LogP) is 1.71. The molecule has 0 unspecified atom stereocenters. The summed E-state index contributed by atoms with van der Waals surface area (Å²) in [7, 11) is -1.04. The Labute approximate surface area is 149 Å². The Morgan fingerprint density at radius 1 is 1.15 bits per heavy atom. The predicted molar refractivity (Wildman–Crippen MR) is 95.2 cm³/mol. The van der Waals surface area contributed by atoms with Gasteiger partial charge in [-0.3, -0.25) is 15.5 Å². The van der Waals surface area contributed by atoms with Crippen LogP contribution in [0.2, 0.25) is 0 Å². The number of benzene rings is 2. The molecule has 0 atom stereocenters. The zero-order chi connectivity index (χ0) is 19.3. The molecule has 0 saturated heterocycles. The highest BCUT2D eigenvalue weighted by molar-refractivity contribution is 7.89. The highest BCUT2D eigenvalue weighted by atomic mass is 32.2. The maximum Gasteiger partial charge on any atom is 0.295 e. The van der Waals surface area contributed by atoms with Crippen LogP contribution in [0.25, 0.3) is 0 Å². The molecule has 0 aliphatic heterocycles. The fraction of sp³-hybridized carbons (Fsp3) is 0.133. The van der Waals surface area contributed by atoms with Crippen molar-refractivity contribution in [3.63, 3.8) is 0 Å². The molecule has 0 saturated carbocycles. The molecule has 2 aromatic carbocycles. The number of methoxy groups -OCH3 is 2. The minimum absolute atomic E-state index is 0.0131. The second-order valence-electron chi connectivity index (χ2n) is 4.97. The molecule has 0 aliphatic carbocycles. The van der Waals surface area contributed by atoms with Crippen LogP contribution in [0.15, 0.2) is 46.4 Å². The second kappa shape index (κ2) is 7.80. The average molecular weight is 380 g/mol. The van der Waals surface area contributed by atoms with Crippen molar-refractivity contribution in [3.8, 4) is 11.5 Å². The number of anilines is 1. The van der Waals surface area contributed by atoms with Crippen LogP contribution in [0.4, 0.5) is 11.4 Å². The molecule has 26 heavy (non-hydrogen) atoms. The van der Waals surface area contributed by atoms with Crippen molar-refractivity contribution in [2.75, 3.05) is 19.6 Å². The number of sulfonamides is 1. The molecule has 2 aromatic rings. The fourth-order valence-electron chi connectivity index (χ4n) is 2.04. The lowest BCUT2D eigenvalue weighted by Crippen LogP contribution is -2.12. The molecule has 0 aromatic heterocycles. The van der Waals surface area contributed by atoms with Crippen LogP contribution >= 0.6 is 0 Å². The van der Waals surface area contributed by atoms with Crippen molar-refractivity contribution in [1.29, 1.82) is 0 Å². The van der Waals surface area contributed by atoms with E-state index in [1.165, 1.54) is 26.5 Å². The van der Waals surface area contributed by atoms with Crippen molar-refractivity contribution in [3.05, 3.63) is 52.1 Å². The number of primary sulfonamides is 1. The first-order valence-corrected chi connectivity index (χ1v) is 8.63. The van der Waals surface area contributed by atoms with Crippen molar-refractivity contribution in [2.45, 2.75) is 4.90 Å². The summed E-state index contributed by atoms with van der Waals surface area (Å²) in [4.78, 5) is 10.0. The van der Waals surface area contributed by atoms with E-state index in [4.69, 9.17) is 14.6 Å². The number of hydrazone groups is 1. The van der Waals surface area contributed by atoms with E-state index in [9.17, 15) is 18.5 Å². The molecule has 0 aliphatic rings. The van der Waals surface area contributed by atoms with E-state index in [0.29, 0.717) is 17.1 Å². The molecule has 2 rings (SSSR count). The zero-order valence-corrected chi connectivity index (χ0v) is 14.7. The first-order chi connectivity index (χ1) is 12.3. The Hall–Kier alpha value is -3.18. The van der Waals surface area contributed by atoms with E-state index in [1.807, 2.05) is 0 Å². The molecular weight excluding hydrogens is 364 g/mol. The van der Waals surface area contributed by atoms with Crippen LogP contribution in [0.5, 0.6) is 11.5 Å². The summed E-state index contributed by atoms with van der Waals surface area (Å²) in [6.45, 7) is 0. The van der Waals surface area contributed by atoms with E-state index in [-0.39, 0.29) is 10.6 Å². The lowest BCUT2D eigenvalue weighted by atomic mass is 10.2. The van der Waals surface area contributed by atoms with Gasteiger partial charge in [-0.15, -0.1) is 0 Å². The monoisotopic (exact) mass is 380 g/mol. The summed E-state index contributed by atoms with van der Waals surface area (Å²) in [5, 5.41) is 20.0. The Balaban J connectivity index is 2.26. The summed E-state index contributed by atoms with van der Waals surface area (Å²) in [6, 6.07) is 8.29. The summed E-state index contributed by atoms with van der Waals surface area (Å²) >= 11 is 0. The molecule has 0 amide bonds. The third kappa shape index (κ3) is 4.46. The van der Waals surface area contributed by atoms with Crippen molar-refractivity contribution < 1.29 is 22.8 Å². The molecule has 3 N–H and O–H groups in total. The summed E-state index contributed by atoms with van der Waals surface area (Å²) in [6.07, 6.45) is 1.42. The minimum atomic E-state index is -4.05. The number of nitro benzene ring substituents is 1. The Bertz CT molecular complexity index is 959. The van der Waals surface area contributed by atoms with Gasteiger partial charge >= 0.3 is 0 Å². The zero-order valence-electron chi connectivity index (χ0n) is 13.9. The van der Waals surface area contributed by atoms with E-state index < -0.39 is 20.6 Å². The largest absolute Gasteiger partial charge is 0.493 e. The van der Waals surface area contributed by atoms with Gasteiger partial charge in [0.1, 0.15) is 5.69 Å². The van der Waals surface area contributed by atoms with Gasteiger partial charge in [0, 0.05) is 6.07 Å². The van der Waals surface area contributed by atoms with Crippen LogP contribution in [0.1, 0.15) is 5.56 Å². The van der Waals surface area contributed by atoms with Gasteiger partial charge in [0.15, 0.2) is 11.5 Å². The molecule has 0 fully saturated rings. The van der Waals surface area contributed by atoms with Gasteiger partial charge in [0.2, 0.25) is 10.0 Å². The van der Waals surface area contributed by atoms with E-state index >= 15 is 0 Å². The summed E-state index contributed by atoms with van der Waals surface area (Å²) in [5.41, 5.74) is 2.70. The maximum absolute atomic E-state index is 11.3. The molecule has 0 bridgehead atoms. The number of nitrogens with zero attached hydrogens (tertiary/aromatic N) is 2. The van der Waals surface area contributed by atoms with Gasteiger partial charge in [-0.2, -0.15) is 5.10 Å². The van der Waals surface area contributed by atoms with Crippen molar-refractivity contribution in [1.82, 2.24) is 0 Å². The normalized spacial score (nSPS) is 11.3. The molecular formula is C15H16N4O6S. The van der Waals surface area contributed by atoms with E-state index in [0.717, 1.165) is 12.1 Å². The van der Waals surface area contributed by atoms with Crippen molar-refractivity contribution in [2.24, 2.45) is 10.2 Å².